The zero-order chi connectivity index (χ0) is 19.1. The van der Waals surface area contributed by atoms with Crippen LogP contribution in [0, 0.1) is 0 Å². The van der Waals surface area contributed by atoms with Gasteiger partial charge in [-0.3, -0.25) is 0 Å². The SMILES string of the molecule is OCCOc1c(Br)cc(CCc2cc(Br)c(OCCO)c(Br)c2)cc1Br. The first-order valence-electron chi connectivity index (χ1n) is 7.89. The number of halogens is 4. The summed E-state index contributed by atoms with van der Waals surface area (Å²) in [6.07, 6.45) is 1.71. The molecule has 2 rings (SSSR count). The number of hydrogen-bond acceptors (Lipinski definition) is 4. The average molecular weight is 618 g/mol. The molecule has 0 radical (unpaired) electrons. The molecule has 142 valence electrons. The van der Waals surface area contributed by atoms with E-state index in [1.165, 1.54) is 0 Å². The molecule has 2 aromatic rings. The summed E-state index contributed by atoms with van der Waals surface area (Å²) in [5.41, 5.74) is 2.32. The summed E-state index contributed by atoms with van der Waals surface area (Å²) in [4.78, 5) is 0. The quantitative estimate of drug-likeness (QED) is 0.403. The summed E-state index contributed by atoms with van der Waals surface area (Å²) < 4.78 is 14.5. The molecule has 0 amide bonds. The molecule has 2 aromatic carbocycles. The maximum Gasteiger partial charge on any atom is 0.147 e. The van der Waals surface area contributed by atoms with Crippen molar-refractivity contribution in [2.75, 3.05) is 26.4 Å². The summed E-state index contributed by atoms with van der Waals surface area (Å²) in [6.45, 7) is 0.456. The number of aliphatic hydroxyl groups excluding tert-OH is 2. The Labute approximate surface area is 186 Å². The Balaban J connectivity index is 2.09. The van der Waals surface area contributed by atoms with Crippen molar-refractivity contribution in [3.8, 4) is 11.5 Å². The van der Waals surface area contributed by atoms with Crippen molar-refractivity contribution < 1.29 is 19.7 Å². The lowest BCUT2D eigenvalue weighted by Crippen LogP contribution is -2.04. The molecular weight excluding hydrogens is 600 g/mol. The lowest BCUT2D eigenvalue weighted by Gasteiger charge is -2.13. The van der Waals surface area contributed by atoms with Gasteiger partial charge >= 0.3 is 0 Å². The molecule has 0 fully saturated rings. The molecule has 0 unspecified atom stereocenters. The monoisotopic (exact) mass is 614 g/mol. The highest BCUT2D eigenvalue weighted by Gasteiger charge is 2.11. The van der Waals surface area contributed by atoms with E-state index in [0.29, 0.717) is 11.5 Å². The molecule has 0 atom stereocenters. The van der Waals surface area contributed by atoms with Crippen LogP contribution in [0.4, 0.5) is 0 Å². The van der Waals surface area contributed by atoms with Gasteiger partial charge in [0.15, 0.2) is 0 Å². The minimum absolute atomic E-state index is 0.0254. The summed E-state index contributed by atoms with van der Waals surface area (Å²) in [5.74, 6) is 1.39. The zero-order valence-corrected chi connectivity index (χ0v) is 20.1. The van der Waals surface area contributed by atoms with Crippen LogP contribution in [0.2, 0.25) is 0 Å². The molecule has 26 heavy (non-hydrogen) atoms. The molecule has 0 aliphatic carbocycles. The maximum absolute atomic E-state index is 8.90. The van der Waals surface area contributed by atoms with E-state index in [0.717, 1.165) is 41.9 Å². The van der Waals surface area contributed by atoms with Gasteiger partial charge < -0.3 is 19.7 Å². The second-order valence-electron chi connectivity index (χ2n) is 5.42. The van der Waals surface area contributed by atoms with Gasteiger partial charge in [-0.25, -0.2) is 0 Å². The molecular formula is C18H18Br4O4. The van der Waals surface area contributed by atoms with Crippen LogP contribution >= 0.6 is 63.7 Å². The topological polar surface area (TPSA) is 58.9 Å². The van der Waals surface area contributed by atoms with Gasteiger partial charge in [-0.1, -0.05) is 0 Å². The molecule has 4 nitrogen and oxygen atoms in total. The van der Waals surface area contributed by atoms with Gasteiger partial charge in [0.1, 0.15) is 24.7 Å². The molecule has 0 aromatic heterocycles. The Hall–Kier alpha value is -0.120. The first kappa shape index (κ1) is 22.2. The normalized spacial score (nSPS) is 10.8. The first-order chi connectivity index (χ1) is 12.5. The van der Waals surface area contributed by atoms with Gasteiger partial charge in [0.2, 0.25) is 0 Å². The fourth-order valence-corrected chi connectivity index (χ4v) is 5.39. The van der Waals surface area contributed by atoms with E-state index in [1.54, 1.807) is 0 Å². The average Bonchev–Trinajstić information content (AvgIpc) is 2.58. The number of rotatable bonds is 9. The highest BCUT2D eigenvalue weighted by molar-refractivity contribution is 9.11. The molecule has 0 saturated carbocycles. The maximum atomic E-state index is 8.90. The van der Waals surface area contributed by atoms with E-state index in [9.17, 15) is 0 Å². The lowest BCUT2D eigenvalue weighted by atomic mass is 10.0. The Bertz CT molecular complexity index is 642. The van der Waals surface area contributed by atoms with Crippen LogP contribution in [0.15, 0.2) is 42.2 Å². The number of aliphatic hydroxyl groups is 2. The van der Waals surface area contributed by atoms with Crippen LogP contribution in [0.3, 0.4) is 0 Å². The third-order valence-corrected chi connectivity index (χ3v) is 5.85. The molecule has 0 aliphatic rings. The summed E-state index contributed by atoms with van der Waals surface area (Å²) in [5, 5.41) is 17.8. The van der Waals surface area contributed by atoms with E-state index in [1.807, 2.05) is 24.3 Å². The van der Waals surface area contributed by atoms with Gasteiger partial charge in [-0.05, 0) is 112 Å². The second kappa shape index (κ2) is 11.0. The number of benzene rings is 2. The molecule has 0 aliphatic heterocycles. The van der Waals surface area contributed by atoms with Crippen molar-refractivity contribution in [1.82, 2.24) is 0 Å². The first-order valence-corrected chi connectivity index (χ1v) is 11.1. The Morgan fingerprint density at radius 2 is 0.923 bits per heavy atom. The molecule has 0 heterocycles. The molecule has 8 heteroatoms. The fraction of sp³-hybridized carbons (Fsp3) is 0.333. The van der Waals surface area contributed by atoms with Crippen LogP contribution in [0.1, 0.15) is 11.1 Å². The van der Waals surface area contributed by atoms with E-state index in [-0.39, 0.29) is 26.4 Å². The van der Waals surface area contributed by atoms with Gasteiger partial charge in [-0.2, -0.15) is 0 Å². The number of hydrogen-bond donors (Lipinski definition) is 2. The smallest absolute Gasteiger partial charge is 0.147 e. The minimum atomic E-state index is -0.0254. The predicted octanol–water partition coefficient (Wildman–Crippen LogP) is 5.26. The van der Waals surface area contributed by atoms with Gasteiger partial charge in [-0.15, -0.1) is 0 Å². The Morgan fingerprint density at radius 3 is 1.19 bits per heavy atom. The third-order valence-electron chi connectivity index (χ3n) is 3.49. The van der Waals surface area contributed by atoms with Gasteiger partial charge in [0.05, 0.1) is 31.1 Å². The number of aryl methyl sites for hydroxylation is 2. The van der Waals surface area contributed by atoms with Gasteiger partial charge in [0, 0.05) is 0 Å². The highest BCUT2D eigenvalue weighted by Crippen LogP contribution is 2.37. The summed E-state index contributed by atoms with van der Waals surface area (Å²) in [7, 11) is 0. The predicted molar refractivity (Wildman–Crippen MR) is 116 cm³/mol. The number of ether oxygens (including phenoxy) is 2. The molecule has 0 saturated heterocycles. The molecule has 0 bridgehead atoms. The Kier molecular flexibility index (Phi) is 9.40. The third kappa shape index (κ3) is 6.21. The van der Waals surface area contributed by atoms with Crippen molar-refractivity contribution in [3.63, 3.8) is 0 Å². The van der Waals surface area contributed by atoms with Crippen molar-refractivity contribution in [2.45, 2.75) is 12.8 Å². The highest BCUT2D eigenvalue weighted by atomic mass is 79.9. The van der Waals surface area contributed by atoms with Crippen LogP contribution < -0.4 is 9.47 Å². The standard InChI is InChI=1S/C18H18Br4O4/c19-13-7-11(8-14(20)17(13)25-5-3-23)1-2-12-9-15(21)18(16(22)10-12)26-6-4-24/h7-10,23-24H,1-6H2. The zero-order valence-electron chi connectivity index (χ0n) is 13.8. The van der Waals surface area contributed by atoms with E-state index in [2.05, 4.69) is 63.7 Å². The van der Waals surface area contributed by atoms with E-state index < -0.39 is 0 Å². The summed E-state index contributed by atoms with van der Waals surface area (Å²) in [6, 6.07) is 8.11. The van der Waals surface area contributed by atoms with Crippen molar-refractivity contribution >= 4 is 63.7 Å². The molecule has 0 spiro atoms. The van der Waals surface area contributed by atoms with Crippen molar-refractivity contribution in [3.05, 3.63) is 53.3 Å². The van der Waals surface area contributed by atoms with E-state index >= 15 is 0 Å². The molecule has 2 N–H and O–H groups in total. The van der Waals surface area contributed by atoms with Crippen LogP contribution in [-0.4, -0.2) is 36.6 Å². The lowest BCUT2D eigenvalue weighted by molar-refractivity contribution is 0.200. The van der Waals surface area contributed by atoms with Crippen LogP contribution in [-0.2, 0) is 12.8 Å². The van der Waals surface area contributed by atoms with Gasteiger partial charge in [0.25, 0.3) is 0 Å². The second-order valence-corrected chi connectivity index (χ2v) is 8.84. The van der Waals surface area contributed by atoms with Crippen LogP contribution in [0.25, 0.3) is 0 Å². The minimum Gasteiger partial charge on any atom is -0.489 e. The van der Waals surface area contributed by atoms with Crippen molar-refractivity contribution in [1.29, 1.82) is 0 Å². The fourth-order valence-electron chi connectivity index (χ4n) is 2.37. The summed E-state index contributed by atoms with van der Waals surface area (Å²) >= 11 is 14.1. The van der Waals surface area contributed by atoms with Crippen molar-refractivity contribution in [2.24, 2.45) is 0 Å². The van der Waals surface area contributed by atoms with Crippen LogP contribution in [0.5, 0.6) is 11.5 Å². The largest absolute Gasteiger partial charge is 0.489 e. The Morgan fingerprint density at radius 1 is 0.615 bits per heavy atom. The van der Waals surface area contributed by atoms with E-state index in [4.69, 9.17) is 19.7 Å².